The standard InChI is InChI=1S/C11H10BrClN2O2S2/c1-7(8-4-2-3-5-9(8)12)15-19(16,17)10-6-14-11(13)18-10/h2-7,15H,1H3. The van der Waals surface area contributed by atoms with Crippen molar-refractivity contribution in [3.63, 3.8) is 0 Å². The van der Waals surface area contributed by atoms with E-state index in [1.165, 1.54) is 6.20 Å². The Morgan fingerprint density at radius 1 is 1.42 bits per heavy atom. The van der Waals surface area contributed by atoms with E-state index in [-0.39, 0.29) is 14.7 Å². The van der Waals surface area contributed by atoms with E-state index in [1.54, 1.807) is 6.92 Å². The van der Waals surface area contributed by atoms with Crippen LogP contribution in [0.15, 0.2) is 39.1 Å². The topological polar surface area (TPSA) is 59.1 Å². The zero-order valence-electron chi connectivity index (χ0n) is 9.80. The van der Waals surface area contributed by atoms with Gasteiger partial charge in [0.15, 0.2) is 8.68 Å². The Bertz CT molecular complexity index is 688. The minimum absolute atomic E-state index is 0.108. The molecule has 0 radical (unpaired) electrons. The van der Waals surface area contributed by atoms with Crippen LogP contribution in [0.1, 0.15) is 18.5 Å². The summed E-state index contributed by atoms with van der Waals surface area (Å²) in [6.07, 6.45) is 1.25. The molecule has 19 heavy (non-hydrogen) atoms. The van der Waals surface area contributed by atoms with Crippen molar-refractivity contribution in [1.29, 1.82) is 0 Å². The Hall–Kier alpha value is -0.470. The number of hydrogen-bond donors (Lipinski definition) is 1. The lowest BCUT2D eigenvalue weighted by atomic mass is 10.1. The van der Waals surface area contributed by atoms with Gasteiger partial charge in [-0.25, -0.2) is 18.1 Å². The van der Waals surface area contributed by atoms with Gasteiger partial charge < -0.3 is 0 Å². The van der Waals surface area contributed by atoms with Gasteiger partial charge in [0.2, 0.25) is 0 Å². The number of nitrogens with one attached hydrogen (secondary N) is 1. The van der Waals surface area contributed by atoms with Crippen LogP contribution < -0.4 is 4.72 Å². The minimum Gasteiger partial charge on any atom is -0.232 e. The number of aromatic nitrogens is 1. The molecule has 0 aliphatic carbocycles. The molecule has 0 saturated heterocycles. The molecule has 0 saturated carbocycles. The van der Waals surface area contributed by atoms with E-state index < -0.39 is 10.0 Å². The van der Waals surface area contributed by atoms with E-state index in [4.69, 9.17) is 11.6 Å². The summed E-state index contributed by atoms with van der Waals surface area (Å²) in [5.41, 5.74) is 0.863. The molecule has 0 aliphatic rings. The van der Waals surface area contributed by atoms with Crippen molar-refractivity contribution in [2.75, 3.05) is 0 Å². The maximum absolute atomic E-state index is 12.1. The van der Waals surface area contributed by atoms with E-state index in [0.717, 1.165) is 21.4 Å². The van der Waals surface area contributed by atoms with Crippen LogP contribution in [-0.2, 0) is 10.0 Å². The van der Waals surface area contributed by atoms with Gasteiger partial charge in [-0.15, -0.1) is 0 Å². The van der Waals surface area contributed by atoms with Crippen molar-refractivity contribution in [2.45, 2.75) is 17.2 Å². The van der Waals surface area contributed by atoms with Crippen LogP contribution in [0.2, 0.25) is 4.47 Å². The smallest absolute Gasteiger partial charge is 0.232 e. The molecule has 4 nitrogen and oxygen atoms in total. The van der Waals surface area contributed by atoms with E-state index in [1.807, 2.05) is 24.3 Å². The summed E-state index contributed by atoms with van der Waals surface area (Å²) in [6, 6.07) is 7.09. The summed E-state index contributed by atoms with van der Waals surface area (Å²) in [6.45, 7) is 1.78. The van der Waals surface area contributed by atoms with Crippen molar-refractivity contribution >= 4 is 48.9 Å². The van der Waals surface area contributed by atoms with Gasteiger partial charge >= 0.3 is 0 Å². The number of sulfonamides is 1. The predicted molar refractivity (Wildman–Crippen MR) is 80.0 cm³/mol. The first kappa shape index (κ1) is 14.9. The van der Waals surface area contributed by atoms with Crippen LogP contribution >= 0.6 is 38.9 Å². The third-order valence-corrected chi connectivity index (χ3v) is 6.26. The maximum Gasteiger partial charge on any atom is 0.252 e. The second-order valence-electron chi connectivity index (χ2n) is 3.80. The summed E-state index contributed by atoms with van der Waals surface area (Å²) in [5.74, 6) is 0. The number of nitrogens with zero attached hydrogens (tertiary/aromatic N) is 1. The number of benzene rings is 1. The van der Waals surface area contributed by atoms with Gasteiger partial charge in [-0.1, -0.05) is 57.1 Å². The highest BCUT2D eigenvalue weighted by Gasteiger charge is 2.21. The number of halogens is 2. The van der Waals surface area contributed by atoms with Gasteiger partial charge in [0.05, 0.1) is 6.20 Å². The molecule has 1 heterocycles. The molecule has 0 aliphatic heterocycles. The zero-order chi connectivity index (χ0) is 14.0. The zero-order valence-corrected chi connectivity index (χ0v) is 13.8. The third kappa shape index (κ3) is 3.55. The highest BCUT2D eigenvalue weighted by atomic mass is 79.9. The molecule has 0 bridgehead atoms. The molecular weight excluding hydrogens is 372 g/mol. The van der Waals surface area contributed by atoms with E-state index in [9.17, 15) is 8.42 Å². The molecule has 0 fully saturated rings. The van der Waals surface area contributed by atoms with Crippen molar-refractivity contribution in [3.8, 4) is 0 Å². The Balaban J connectivity index is 2.24. The molecular formula is C11H10BrClN2O2S2. The third-order valence-electron chi connectivity index (χ3n) is 2.42. The van der Waals surface area contributed by atoms with E-state index in [0.29, 0.717) is 0 Å². The van der Waals surface area contributed by atoms with Crippen molar-refractivity contribution < 1.29 is 8.42 Å². The SMILES string of the molecule is CC(NS(=O)(=O)c1cnc(Cl)s1)c1ccccc1Br. The molecule has 1 N–H and O–H groups in total. The first-order valence-corrected chi connectivity index (χ1v) is 8.75. The Labute approximate surface area is 129 Å². The summed E-state index contributed by atoms with van der Waals surface area (Å²) in [7, 11) is -3.60. The first-order chi connectivity index (χ1) is 8.90. The lowest BCUT2D eigenvalue weighted by Gasteiger charge is -2.15. The van der Waals surface area contributed by atoms with Crippen LogP contribution in [0, 0.1) is 0 Å². The van der Waals surface area contributed by atoms with Crippen LogP contribution in [0.5, 0.6) is 0 Å². The minimum atomic E-state index is -3.60. The van der Waals surface area contributed by atoms with E-state index in [2.05, 4.69) is 25.6 Å². The van der Waals surface area contributed by atoms with Crippen LogP contribution in [0.4, 0.5) is 0 Å². The fourth-order valence-electron chi connectivity index (χ4n) is 1.54. The quantitative estimate of drug-likeness (QED) is 0.880. The van der Waals surface area contributed by atoms with Gasteiger partial charge in [0.1, 0.15) is 0 Å². The Morgan fingerprint density at radius 2 is 2.11 bits per heavy atom. The van der Waals surface area contributed by atoms with Crippen molar-refractivity contribution in [3.05, 3.63) is 45.0 Å². The normalized spacial score (nSPS) is 13.4. The second kappa shape index (κ2) is 5.88. The fourth-order valence-corrected chi connectivity index (χ4v) is 4.70. The lowest BCUT2D eigenvalue weighted by molar-refractivity contribution is 0.568. The monoisotopic (exact) mass is 380 g/mol. The molecule has 0 spiro atoms. The second-order valence-corrected chi connectivity index (χ2v) is 8.20. The molecule has 1 aromatic carbocycles. The number of hydrogen-bond acceptors (Lipinski definition) is 4. The highest BCUT2D eigenvalue weighted by Crippen LogP contribution is 2.27. The van der Waals surface area contributed by atoms with E-state index >= 15 is 0 Å². The molecule has 2 rings (SSSR count). The largest absolute Gasteiger partial charge is 0.252 e. The number of thiazole rings is 1. The average Bonchev–Trinajstić information content (AvgIpc) is 2.76. The van der Waals surface area contributed by atoms with Gasteiger partial charge in [-0.2, -0.15) is 0 Å². The van der Waals surface area contributed by atoms with Crippen LogP contribution in [0.25, 0.3) is 0 Å². The molecule has 1 aromatic heterocycles. The Kier molecular flexibility index (Phi) is 4.62. The van der Waals surface area contributed by atoms with Gasteiger partial charge in [-0.3, -0.25) is 0 Å². The molecule has 1 atom stereocenters. The summed E-state index contributed by atoms with van der Waals surface area (Å²) in [4.78, 5) is 3.74. The summed E-state index contributed by atoms with van der Waals surface area (Å²) in [5, 5.41) is 0. The van der Waals surface area contributed by atoms with Gasteiger partial charge in [0.25, 0.3) is 10.0 Å². The van der Waals surface area contributed by atoms with Crippen molar-refractivity contribution in [2.24, 2.45) is 0 Å². The summed E-state index contributed by atoms with van der Waals surface area (Å²) < 4.78 is 28.0. The van der Waals surface area contributed by atoms with Crippen LogP contribution in [0.3, 0.4) is 0 Å². The molecule has 2 aromatic rings. The summed E-state index contributed by atoms with van der Waals surface area (Å²) >= 11 is 9.98. The maximum atomic E-state index is 12.1. The fraction of sp³-hybridized carbons (Fsp3) is 0.182. The van der Waals surface area contributed by atoms with Gasteiger partial charge in [0, 0.05) is 10.5 Å². The van der Waals surface area contributed by atoms with Gasteiger partial charge in [-0.05, 0) is 18.6 Å². The molecule has 102 valence electrons. The first-order valence-electron chi connectivity index (χ1n) is 5.28. The van der Waals surface area contributed by atoms with Crippen LogP contribution in [-0.4, -0.2) is 13.4 Å². The highest BCUT2D eigenvalue weighted by molar-refractivity contribution is 9.10. The molecule has 1 unspecified atom stereocenters. The Morgan fingerprint density at radius 3 is 2.68 bits per heavy atom. The predicted octanol–water partition coefficient (Wildman–Crippen LogP) is 3.60. The number of rotatable bonds is 4. The average molecular weight is 382 g/mol. The van der Waals surface area contributed by atoms with Crippen molar-refractivity contribution in [1.82, 2.24) is 9.71 Å². The molecule has 8 heteroatoms. The molecule has 0 amide bonds. The lowest BCUT2D eigenvalue weighted by Crippen LogP contribution is -2.26.